The first kappa shape index (κ1) is 27.1. The summed E-state index contributed by atoms with van der Waals surface area (Å²) in [6.45, 7) is 3.35. The largest absolute Gasteiger partial charge is 0.493 e. The van der Waals surface area contributed by atoms with Gasteiger partial charge in [-0.1, -0.05) is 54.1 Å². The summed E-state index contributed by atoms with van der Waals surface area (Å²) in [4.78, 5) is 12.7. The lowest BCUT2D eigenvalue weighted by atomic mass is 10.2. The quantitative estimate of drug-likeness (QED) is 0.209. The third-order valence-electron chi connectivity index (χ3n) is 4.74. The molecule has 36 heavy (non-hydrogen) atoms. The van der Waals surface area contributed by atoms with E-state index in [2.05, 4.69) is 17.1 Å². The van der Waals surface area contributed by atoms with Gasteiger partial charge in [0.2, 0.25) is 0 Å². The minimum Gasteiger partial charge on any atom is -0.493 e. The van der Waals surface area contributed by atoms with Gasteiger partial charge in [0.05, 0.1) is 28.9 Å². The number of hydrogen-bond acceptors (Lipinski definition) is 6. The Kier molecular flexibility index (Phi) is 9.35. The van der Waals surface area contributed by atoms with E-state index in [1.54, 1.807) is 42.5 Å². The average Bonchev–Trinajstić information content (AvgIpc) is 2.87. The maximum absolute atomic E-state index is 13.4. The first-order chi connectivity index (χ1) is 17.3. The van der Waals surface area contributed by atoms with Crippen LogP contribution in [0.1, 0.15) is 5.56 Å². The Balaban J connectivity index is 1.80. The van der Waals surface area contributed by atoms with E-state index in [1.807, 2.05) is 0 Å². The number of nitrogens with zero attached hydrogens (tertiary/aromatic N) is 2. The smallest absolute Gasteiger partial charge is 0.264 e. The molecule has 188 valence electrons. The van der Waals surface area contributed by atoms with Crippen molar-refractivity contribution in [1.82, 2.24) is 5.43 Å². The predicted molar refractivity (Wildman–Crippen MR) is 142 cm³/mol. The number of rotatable bonds is 11. The molecule has 8 nitrogen and oxygen atoms in total. The van der Waals surface area contributed by atoms with Crippen LogP contribution in [0.4, 0.5) is 5.69 Å². The van der Waals surface area contributed by atoms with Crippen molar-refractivity contribution in [2.45, 2.75) is 4.90 Å². The highest BCUT2D eigenvalue weighted by Crippen LogP contribution is 2.32. The second-order valence-corrected chi connectivity index (χ2v) is 9.93. The molecule has 0 bridgehead atoms. The van der Waals surface area contributed by atoms with Crippen LogP contribution in [-0.4, -0.2) is 40.8 Å². The van der Waals surface area contributed by atoms with Gasteiger partial charge in [-0.25, -0.2) is 13.8 Å². The summed E-state index contributed by atoms with van der Waals surface area (Å²) >= 11 is 12.2. The minimum absolute atomic E-state index is 0.00169. The summed E-state index contributed by atoms with van der Waals surface area (Å²) in [6.07, 6.45) is 3.01. The van der Waals surface area contributed by atoms with Crippen molar-refractivity contribution in [1.29, 1.82) is 0 Å². The van der Waals surface area contributed by atoms with Crippen LogP contribution < -0.4 is 19.2 Å². The third-order valence-corrected chi connectivity index (χ3v) is 7.06. The summed E-state index contributed by atoms with van der Waals surface area (Å²) in [5.74, 6) is 0.319. The van der Waals surface area contributed by atoms with Gasteiger partial charge in [-0.2, -0.15) is 5.10 Å². The number of hydrogen-bond donors (Lipinski definition) is 1. The van der Waals surface area contributed by atoms with Crippen molar-refractivity contribution in [2.75, 3.05) is 24.6 Å². The predicted octanol–water partition coefficient (Wildman–Crippen LogP) is 4.91. The number of carbonyl (C=O) groups excluding carboxylic acids is 1. The highest BCUT2D eigenvalue weighted by Gasteiger charge is 2.28. The number of halogens is 2. The molecule has 0 aliphatic carbocycles. The topological polar surface area (TPSA) is 97.3 Å². The van der Waals surface area contributed by atoms with Crippen LogP contribution >= 0.6 is 23.2 Å². The normalized spacial score (nSPS) is 11.2. The maximum atomic E-state index is 13.4. The van der Waals surface area contributed by atoms with Crippen molar-refractivity contribution in [3.8, 4) is 11.5 Å². The molecule has 0 unspecified atom stereocenters. The zero-order valence-corrected chi connectivity index (χ0v) is 21.6. The fourth-order valence-corrected chi connectivity index (χ4v) is 5.10. The Bertz CT molecular complexity index is 1370. The van der Waals surface area contributed by atoms with E-state index in [1.165, 1.54) is 43.7 Å². The first-order valence-corrected chi connectivity index (χ1v) is 12.7. The van der Waals surface area contributed by atoms with E-state index < -0.39 is 22.5 Å². The van der Waals surface area contributed by atoms with Gasteiger partial charge in [-0.05, 0) is 54.1 Å². The van der Waals surface area contributed by atoms with Crippen LogP contribution in [-0.2, 0) is 14.8 Å². The monoisotopic (exact) mass is 547 g/mol. The summed E-state index contributed by atoms with van der Waals surface area (Å²) in [5.41, 5.74) is 3.06. The molecule has 0 aromatic heterocycles. The van der Waals surface area contributed by atoms with E-state index in [4.69, 9.17) is 32.7 Å². The number of hydrazone groups is 1. The highest BCUT2D eigenvalue weighted by molar-refractivity contribution is 7.92. The van der Waals surface area contributed by atoms with Crippen LogP contribution in [0.2, 0.25) is 10.0 Å². The Hall–Kier alpha value is -3.53. The number of benzene rings is 3. The lowest BCUT2D eigenvalue weighted by Gasteiger charge is -2.24. The zero-order valence-electron chi connectivity index (χ0n) is 19.2. The second-order valence-electron chi connectivity index (χ2n) is 7.22. The molecule has 0 heterocycles. The molecular formula is C25H23Cl2N3O5S. The van der Waals surface area contributed by atoms with E-state index >= 15 is 0 Å². The van der Waals surface area contributed by atoms with Crippen molar-refractivity contribution in [3.63, 3.8) is 0 Å². The van der Waals surface area contributed by atoms with E-state index in [0.717, 1.165) is 4.31 Å². The molecule has 0 aliphatic heterocycles. The Morgan fingerprint density at radius 1 is 1.08 bits per heavy atom. The van der Waals surface area contributed by atoms with Crippen LogP contribution in [0.5, 0.6) is 11.5 Å². The molecule has 3 aromatic rings. The van der Waals surface area contributed by atoms with Crippen molar-refractivity contribution >= 4 is 51.0 Å². The van der Waals surface area contributed by atoms with Gasteiger partial charge >= 0.3 is 0 Å². The standard InChI is InChI=1S/C25H23Cl2N3O5S/c1-3-13-35-23-12-9-18(14-24(23)34-2)16-28-29-25(31)17-30(22-11-10-19(26)15-21(22)27)36(32,33)20-7-5-4-6-8-20/h3-12,14-16H,1,13,17H2,2H3,(H,29,31)/b28-16-. The molecule has 0 aliphatic rings. The van der Waals surface area contributed by atoms with Gasteiger partial charge in [0.25, 0.3) is 15.9 Å². The fourth-order valence-electron chi connectivity index (χ4n) is 3.08. The fraction of sp³-hybridized carbons (Fsp3) is 0.120. The summed E-state index contributed by atoms with van der Waals surface area (Å²) in [5, 5.41) is 4.33. The number of amides is 1. The van der Waals surface area contributed by atoms with E-state index in [0.29, 0.717) is 28.7 Å². The third kappa shape index (κ3) is 6.78. The van der Waals surface area contributed by atoms with Gasteiger partial charge < -0.3 is 9.47 Å². The Labute approximate surface area is 219 Å². The minimum atomic E-state index is -4.13. The van der Waals surface area contributed by atoms with Crippen LogP contribution in [0.15, 0.2) is 89.4 Å². The van der Waals surface area contributed by atoms with Crippen LogP contribution in [0.3, 0.4) is 0 Å². The van der Waals surface area contributed by atoms with Crippen molar-refractivity contribution < 1.29 is 22.7 Å². The number of carbonyl (C=O) groups is 1. The second kappa shape index (κ2) is 12.4. The molecule has 1 amide bonds. The van der Waals surface area contributed by atoms with Gasteiger partial charge in [0, 0.05) is 5.02 Å². The van der Waals surface area contributed by atoms with Crippen LogP contribution in [0, 0.1) is 0 Å². The number of nitrogens with one attached hydrogen (secondary N) is 1. The molecule has 0 radical (unpaired) electrons. The molecule has 0 saturated carbocycles. The molecular weight excluding hydrogens is 525 g/mol. The molecule has 3 rings (SSSR count). The van der Waals surface area contributed by atoms with Crippen molar-refractivity contribution in [3.05, 3.63) is 95.0 Å². The van der Waals surface area contributed by atoms with Crippen LogP contribution in [0.25, 0.3) is 0 Å². The number of methoxy groups -OCH3 is 1. The zero-order chi connectivity index (χ0) is 26.1. The summed E-state index contributed by atoms with van der Waals surface area (Å²) in [6, 6.07) is 17.1. The van der Waals surface area contributed by atoms with Gasteiger partial charge in [-0.15, -0.1) is 0 Å². The number of anilines is 1. The lowest BCUT2D eigenvalue weighted by Crippen LogP contribution is -2.39. The average molecular weight is 548 g/mol. The van der Waals surface area contributed by atoms with E-state index in [9.17, 15) is 13.2 Å². The Morgan fingerprint density at radius 3 is 2.50 bits per heavy atom. The lowest BCUT2D eigenvalue weighted by molar-refractivity contribution is -0.119. The van der Waals surface area contributed by atoms with Gasteiger partial charge in [0.15, 0.2) is 11.5 Å². The van der Waals surface area contributed by atoms with E-state index in [-0.39, 0.29) is 15.6 Å². The molecule has 0 saturated heterocycles. The number of ether oxygens (including phenoxy) is 2. The molecule has 11 heteroatoms. The maximum Gasteiger partial charge on any atom is 0.264 e. The molecule has 0 fully saturated rings. The molecule has 1 N–H and O–H groups in total. The van der Waals surface area contributed by atoms with Gasteiger partial charge in [-0.3, -0.25) is 9.10 Å². The molecule has 0 atom stereocenters. The van der Waals surface area contributed by atoms with Gasteiger partial charge in [0.1, 0.15) is 13.2 Å². The summed E-state index contributed by atoms with van der Waals surface area (Å²) < 4.78 is 38.4. The Morgan fingerprint density at radius 2 is 1.83 bits per heavy atom. The highest BCUT2D eigenvalue weighted by atomic mass is 35.5. The first-order valence-electron chi connectivity index (χ1n) is 10.5. The summed E-state index contributed by atoms with van der Waals surface area (Å²) in [7, 11) is -2.63. The molecule has 0 spiro atoms. The SMILES string of the molecule is C=CCOc1ccc(/C=N\NC(=O)CN(c2ccc(Cl)cc2Cl)S(=O)(=O)c2ccccc2)cc1OC. The number of sulfonamides is 1. The molecule has 3 aromatic carbocycles. The van der Waals surface area contributed by atoms with Crippen molar-refractivity contribution in [2.24, 2.45) is 5.10 Å².